The first-order chi connectivity index (χ1) is 16.0. The van der Waals surface area contributed by atoms with Crippen LogP contribution in [0.5, 0.6) is 0 Å². The van der Waals surface area contributed by atoms with E-state index in [1.165, 1.54) is 4.90 Å². The Morgan fingerprint density at radius 1 is 0.853 bits per heavy atom. The first kappa shape index (κ1) is 24.3. The van der Waals surface area contributed by atoms with Gasteiger partial charge < -0.3 is 19.3 Å². The SMILES string of the molecule is O=C(c1nnn(Cc2cc(C(F)(F)F)cc(C(F)(F)F)c2)c1N1CCOCC1)N1CCOCC1. The van der Waals surface area contributed by atoms with Crippen LogP contribution in [0.3, 0.4) is 0 Å². The summed E-state index contributed by atoms with van der Waals surface area (Å²) in [6.45, 7) is 2.28. The van der Waals surface area contributed by atoms with Gasteiger partial charge in [0.2, 0.25) is 0 Å². The summed E-state index contributed by atoms with van der Waals surface area (Å²) in [5, 5.41) is 7.89. The van der Waals surface area contributed by atoms with E-state index >= 15 is 0 Å². The summed E-state index contributed by atoms with van der Waals surface area (Å²) in [6.07, 6.45) is -9.94. The fourth-order valence-electron chi connectivity index (χ4n) is 3.84. The monoisotopic (exact) mass is 493 g/mol. The summed E-state index contributed by atoms with van der Waals surface area (Å²) in [6, 6.07) is 1.36. The number of amides is 1. The number of alkyl halides is 6. The van der Waals surface area contributed by atoms with Gasteiger partial charge in [-0.1, -0.05) is 5.21 Å². The molecule has 0 aliphatic carbocycles. The Hall–Kier alpha value is -2.87. The summed E-state index contributed by atoms with van der Waals surface area (Å²) in [5.41, 5.74) is -3.14. The van der Waals surface area contributed by atoms with Crippen molar-refractivity contribution in [2.75, 3.05) is 57.5 Å². The highest BCUT2D eigenvalue weighted by Crippen LogP contribution is 2.36. The standard InChI is InChI=1S/C20H21F6N5O3/c21-19(22,23)14-9-13(10-15(11-14)20(24,25)26)12-31-17(29-1-5-33-6-2-29)16(27-28-31)18(32)30-3-7-34-8-4-30/h9-11H,1-8,12H2. The van der Waals surface area contributed by atoms with Crippen LogP contribution in [0.2, 0.25) is 0 Å². The van der Waals surface area contributed by atoms with Crippen molar-refractivity contribution in [2.45, 2.75) is 18.9 Å². The Morgan fingerprint density at radius 3 is 1.91 bits per heavy atom. The molecule has 2 aromatic rings. The molecule has 0 unspecified atom stereocenters. The number of morpholine rings is 2. The lowest BCUT2D eigenvalue weighted by Gasteiger charge is -2.31. The van der Waals surface area contributed by atoms with Gasteiger partial charge in [-0.15, -0.1) is 5.10 Å². The van der Waals surface area contributed by atoms with Gasteiger partial charge >= 0.3 is 12.4 Å². The molecule has 8 nitrogen and oxygen atoms in total. The molecule has 34 heavy (non-hydrogen) atoms. The molecule has 0 N–H and O–H groups in total. The van der Waals surface area contributed by atoms with E-state index in [-0.39, 0.29) is 23.1 Å². The van der Waals surface area contributed by atoms with Gasteiger partial charge in [0.1, 0.15) is 0 Å². The molecule has 0 radical (unpaired) electrons. The molecule has 0 spiro atoms. The highest BCUT2D eigenvalue weighted by Gasteiger charge is 2.37. The summed E-state index contributed by atoms with van der Waals surface area (Å²) < 4.78 is 91.4. The van der Waals surface area contributed by atoms with E-state index in [2.05, 4.69) is 10.3 Å². The molecule has 2 saturated heterocycles. The number of rotatable bonds is 4. The fourth-order valence-corrected chi connectivity index (χ4v) is 3.84. The van der Waals surface area contributed by atoms with Crippen molar-refractivity contribution in [3.63, 3.8) is 0 Å². The fraction of sp³-hybridized carbons (Fsp3) is 0.550. The second kappa shape index (κ2) is 9.41. The van der Waals surface area contributed by atoms with Crippen molar-refractivity contribution in [1.82, 2.24) is 19.9 Å². The third kappa shape index (κ3) is 5.27. The Bertz CT molecular complexity index is 994. The van der Waals surface area contributed by atoms with Gasteiger partial charge in [0.05, 0.1) is 44.1 Å². The normalized spacial score (nSPS) is 17.8. The van der Waals surface area contributed by atoms with Crippen molar-refractivity contribution in [3.8, 4) is 0 Å². The predicted molar refractivity (Wildman–Crippen MR) is 105 cm³/mol. The van der Waals surface area contributed by atoms with E-state index in [0.717, 1.165) is 4.68 Å². The quantitative estimate of drug-likeness (QED) is 0.610. The lowest BCUT2D eigenvalue weighted by molar-refractivity contribution is -0.143. The van der Waals surface area contributed by atoms with E-state index in [1.807, 2.05) is 0 Å². The zero-order chi connectivity index (χ0) is 24.5. The lowest BCUT2D eigenvalue weighted by Crippen LogP contribution is -2.43. The van der Waals surface area contributed by atoms with Crippen LogP contribution in [0.1, 0.15) is 27.2 Å². The van der Waals surface area contributed by atoms with Crippen molar-refractivity contribution in [2.24, 2.45) is 0 Å². The maximum absolute atomic E-state index is 13.3. The molecule has 2 aliphatic rings. The average molecular weight is 493 g/mol. The predicted octanol–water partition coefficient (Wildman–Crippen LogP) is 2.67. The Morgan fingerprint density at radius 2 is 1.38 bits per heavy atom. The van der Waals surface area contributed by atoms with Crippen molar-refractivity contribution in [1.29, 1.82) is 0 Å². The second-order valence-corrected chi connectivity index (χ2v) is 7.84. The van der Waals surface area contributed by atoms with Crippen LogP contribution in [0, 0.1) is 0 Å². The number of nitrogens with zero attached hydrogens (tertiary/aromatic N) is 5. The van der Waals surface area contributed by atoms with Crippen LogP contribution >= 0.6 is 0 Å². The maximum Gasteiger partial charge on any atom is 0.416 e. The number of aromatic nitrogens is 3. The molecule has 186 valence electrons. The first-order valence-electron chi connectivity index (χ1n) is 10.5. The molecule has 4 rings (SSSR count). The summed E-state index contributed by atoms with van der Waals surface area (Å²) in [5.74, 6) is -0.207. The molecule has 0 atom stereocenters. The van der Waals surface area contributed by atoms with Crippen molar-refractivity contribution >= 4 is 11.7 Å². The van der Waals surface area contributed by atoms with Crippen LogP contribution in [0.15, 0.2) is 18.2 Å². The topological polar surface area (TPSA) is 72.7 Å². The van der Waals surface area contributed by atoms with Gasteiger partial charge in [-0.25, -0.2) is 4.68 Å². The van der Waals surface area contributed by atoms with Gasteiger partial charge in [-0.05, 0) is 23.8 Å². The third-order valence-corrected chi connectivity index (χ3v) is 5.50. The number of ether oxygens (including phenoxy) is 2. The van der Waals surface area contributed by atoms with E-state index in [0.29, 0.717) is 64.7 Å². The smallest absolute Gasteiger partial charge is 0.378 e. The lowest BCUT2D eigenvalue weighted by atomic mass is 10.0. The number of hydrogen-bond donors (Lipinski definition) is 0. The van der Waals surface area contributed by atoms with Crippen molar-refractivity contribution < 1.29 is 40.6 Å². The number of hydrogen-bond acceptors (Lipinski definition) is 6. The minimum Gasteiger partial charge on any atom is -0.378 e. The molecule has 1 aromatic heterocycles. The van der Waals surface area contributed by atoms with Gasteiger partial charge in [-0.3, -0.25) is 4.79 Å². The van der Waals surface area contributed by atoms with Gasteiger partial charge in [-0.2, -0.15) is 26.3 Å². The summed E-state index contributed by atoms with van der Waals surface area (Å²) in [4.78, 5) is 16.4. The Kier molecular flexibility index (Phi) is 6.71. The molecular weight excluding hydrogens is 472 g/mol. The number of benzene rings is 1. The van der Waals surface area contributed by atoms with Crippen LogP contribution in [-0.2, 0) is 28.4 Å². The number of carbonyl (C=O) groups excluding carboxylic acids is 1. The van der Waals surface area contributed by atoms with Gasteiger partial charge in [0.25, 0.3) is 5.91 Å². The van der Waals surface area contributed by atoms with Gasteiger partial charge in [0, 0.05) is 26.2 Å². The highest BCUT2D eigenvalue weighted by molar-refractivity contribution is 5.97. The third-order valence-electron chi connectivity index (χ3n) is 5.50. The zero-order valence-electron chi connectivity index (χ0n) is 17.8. The van der Waals surface area contributed by atoms with Crippen LogP contribution < -0.4 is 4.90 Å². The molecule has 3 heterocycles. The number of carbonyl (C=O) groups is 1. The Balaban J connectivity index is 1.73. The first-order valence-corrected chi connectivity index (χ1v) is 10.5. The Labute approximate surface area is 190 Å². The van der Waals surface area contributed by atoms with Crippen LogP contribution in [0.25, 0.3) is 0 Å². The number of anilines is 1. The average Bonchev–Trinajstić information content (AvgIpc) is 3.21. The summed E-state index contributed by atoms with van der Waals surface area (Å²) in [7, 11) is 0. The largest absolute Gasteiger partial charge is 0.416 e. The highest BCUT2D eigenvalue weighted by atomic mass is 19.4. The van der Waals surface area contributed by atoms with Crippen LogP contribution in [-0.4, -0.2) is 78.4 Å². The summed E-state index contributed by atoms with van der Waals surface area (Å²) >= 11 is 0. The van der Waals surface area contributed by atoms with E-state index < -0.39 is 35.9 Å². The molecular formula is C20H21F6N5O3. The van der Waals surface area contributed by atoms with Crippen LogP contribution in [0.4, 0.5) is 32.2 Å². The second-order valence-electron chi connectivity index (χ2n) is 7.84. The van der Waals surface area contributed by atoms with E-state index in [4.69, 9.17) is 9.47 Å². The molecule has 2 fully saturated rings. The minimum atomic E-state index is -4.97. The molecule has 1 aromatic carbocycles. The molecule has 2 aliphatic heterocycles. The van der Waals surface area contributed by atoms with E-state index in [9.17, 15) is 31.1 Å². The molecule has 0 saturated carbocycles. The van der Waals surface area contributed by atoms with Gasteiger partial charge in [0.15, 0.2) is 11.5 Å². The van der Waals surface area contributed by atoms with Crippen molar-refractivity contribution in [3.05, 3.63) is 40.6 Å². The molecule has 14 heteroatoms. The number of halogens is 6. The van der Waals surface area contributed by atoms with E-state index in [1.54, 1.807) is 4.90 Å². The maximum atomic E-state index is 13.3. The minimum absolute atomic E-state index is 0.0215. The molecule has 0 bridgehead atoms. The zero-order valence-corrected chi connectivity index (χ0v) is 17.8. The molecule has 1 amide bonds.